The average molecular weight is 282 g/mol. The van der Waals surface area contributed by atoms with Gasteiger partial charge in [-0.25, -0.2) is 0 Å². The van der Waals surface area contributed by atoms with Gasteiger partial charge in [0, 0.05) is 34.6 Å². The van der Waals surface area contributed by atoms with Crippen LogP contribution in [-0.4, -0.2) is 16.1 Å². The van der Waals surface area contributed by atoms with Gasteiger partial charge < -0.3 is 10.6 Å². The number of benzene rings is 1. The number of anilines is 2. The molecule has 0 atom stereocenters. The fourth-order valence-electron chi connectivity index (χ4n) is 2.21. The fourth-order valence-corrected chi connectivity index (χ4v) is 2.21. The minimum absolute atomic E-state index is 0.0113. The zero-order valence-electron chi connectivity index (χ0n) is 12.3. The summed E-state index contributed by atoms with van der Waals surface area (Å²) in [7, 11) is 0. The first-order chi connectivity index (χ1) is 9.95. The standard InChI is InChI=1S/C16H18N4O/c1-16(2,3)13-8-14(20-19-13)17-9-11-10-6-4-5-7-12(10)18-15(11)21/h4-9H,1-3H3,(H,18,21)(H2,17,19,20)/b11-9+. The minimum Gasteiger partial charge on any atom is -0.344 e. The van der Waals surface area contributed by atoms with E-state index in [1.807, 2.05) is 30.3 Å². The first kappa shape index (κ1) is 13.4. The predicted molar refractivity (Wildman–Crippen MR) is 84.0 cm³/mol. The van der Waals surface area contributed by atoms with Crippen LogP contribution in [0.25, 0.3) is 5.57 Å². The summed E-state index contributed by atoms with van der Waals surface area (Å²) in [4.78, 5) is 12.0. The van der Waals surface area contributed by atoms with Crippen LogP contribution >= 0.6 is 0 Å². The highest BCUT2D eigenvalue weighted by Gasteiger charge is 2.23. The molecule has 108 valence electrons. The van der Waals surface area contributed by atoms with E-state index in [0.717, 1.165) is 16.9 Å². The van der Waals surface area contributed by atoms with Crippen molar-refractivity contribution in [2.75, 3.05) is 10.6 Å². The number of aromatic nitrogens is 2. The molecule has 1 aliphatic rings. The Morgan fingerprint density at radius 3 is 2.71 bits per heavy atom. The molecule has 0 unspecified atom stereocenters. The monoisotopic (exact) mass is 282 g/mol. The highest BCUT2D eigenvalue weighted by molar-refractivity contribution is 6.31. The van der Waals surface area contributed by atoms with Gasteiger partial charge in [0.25, 0.3) is 5.91 Å². The molecule has 0 fully saturated rings. The van der Waals surface area contributed by atoms with E-state index >= 15 is 0 Å². The number of H-pyrrole nitrogens is 1. The first-order valence-corrected chi connectivity index (χ1v) is 6.88. The summed E-state index contributed by atoms with van der Waals surface area (Å²) in [6.45, 7) is 6.34. The molecule has 21 heavy (non-hydrogen) atoms. The fraction of sp³-hybridized carbons (Fsp3) is 0.250. The number of fused-ring (bicyclic) bond motifs is 1. The van der Waals surface area contributed by atoms with Gasteiger partial charge in [0.05, 0.1) is 5.57 Å². The Balaban J connectivity index is 1.84. The molecular weight excluding hydrogens is 264 g/mol. The lowest BCUT2D eigenvalue weighted by Crippen LogP contribution is -2.11. The van der Waals surface area contributed by atoms with Gasteiger partial charge in [-0.3, -0.25) is 9.89 Å². The topological polar surface area (TPSA) is 69.8 Å². The van der Waals surface area contributed by atoms with Crippen molar-refractivity contribution in [1.82, 2.24) is 10.2 Å². The molecule has 0 spiro atoms. The Morgan fingerprint density at radius 1 is 1.24 bits per heavy atom. The van der Waals surface area contributed by atoms with Crippen LogP contribution in [-0.2, 0) is 10.2 Å². The zero-order valence-corrected chi connectivity index (χ0v) is 12.3. The molecule has 1 aromatic carbocycles. The maximum absolute atomic E-state index is 12.0. The molecule has 5 heteroatoms. The Morgan fingerprint density at radius 2 is 2.00 bits per heavy atom. The van der Waals surface area contributed by atoms with Gasteiger partial charge in [-0.05, 0) is 6.07 Å². The SMILES string of the molecule is CC(C)(C)c1cc(N/C=C2/C(=O)Nc3ccccc32)n[nH]1. The lowest BCUT2D eigenvalue weighted by atomic mass is 9.92. The number of aromatic amines is 1. The van der Waals surface area contributed by atoms with Crippen molar-refractivity contribution in [2.24, 2.45) is 0 Å². The zero-order chi connectivity index (χ0) is 15.0. The van der Waals surface area contributed by atoms with Gasteiger partial charge in [0.15, 0.2) is 5.82 Å². The summed E-state index contributed by atoms with van der Waals surface area (Å²) in [5.41, 5.74) is 3.41. The van der Waals surface area contributed by atoms with Crippen molar-refractivity contribution in [1.29, 1.82) is 0 Å². The minimum atomic E-state index is -0.102. The van der Waals surface area contributed by atoms with Crippen molar-refractivity contribution >= 4 is 23.0 Å². The van der Waals surface area contributed by atoms with Gasteiger partial charge in [-0.15, -0.1) is 0 Å². The van der Waals surface area contributed by atoms with Gasteiger partial charge in [0.1, 0.15) is 0 Å². The second-order valence-electron chi connectivity index (χ2n) is 6.12. The molecule has 3 rings (SSSR count). The van der Waals surface area contributed by atoms with E-state index < -0.39 is 0 Å². The summed E-state index contributed by atoms with van der Waals surface area (Å²) in [6.07, 6.45) is 1.70. The van der Waals surface area contributed by atoms with E-state index in [9.17, 15) is 4.79 Å². The molecule has 5 nitrogen and oxygen atoms in total. The molecule has 2 aromatic rings. The van der Waals surface area contributed by atoms with Gasteiger partial charge in [0.2, 0.25) is 0 Å². The molecule has 1 amide bonds. The number of nitrogens with one attached hydrogen (secondary N) is 3. The third kappa shape index (κ3) is 2.54. The molecule has 0 aliphatic carbocycles. The molecule has 0 saturated carbocycles. The lowest BCUT2D eigenvalue weighted by Gasteiger charge is -2.14. The molecule has 0 saturated heterocycles. The second-order valence-corrected chi connectivity index (χ2v) is 6.12. The van der Waals surface area contributed by atoms with Crippen LogP contribution in [0.4, 0.5) is 11.5 Å². The number of rotatable bonds is 2. The number of hydrogen-bond donors (Lipinski definition) is 3. The van der Waals surface area contributed by atoms with Crippen LogP contribution in [0.5, 0.6) is 0 Å². The van der Waals surface area contributed by atoms with Crippen LogP contribution in [0.2, 0.25) is 0 Å². The molecule has 2 heterocycles. The van der Waals surface area contributed by atoms with Crippen LogP contribution < -0.4 is 10.6 Å². The highest BCUT2D eigenvalue weighted by Crippen LogP contribution is 2.31. The Kier molecular flexibility index (Phi) is 3.05. The number of hydrogen-bond acceptors (Lipinski definition) is 3. The summed E-state index contributed by atoms with van der Waals surface area (Å²) in [5.74, 6) is 0.597. The van der Waals surface area contributed by atoms with E-state index in [1.54, 1.807) is 6.20 Å². The summed E-state index contributed by atoms with van der Waals surface area (Å²) >= 11 is 0. The Hall–Kier alpha value is -2.56. The summed E-state index contributed by atoms with van der Waals surface area (Å²) in [5, 5.41) is 13.1. The first-order valence-electron chi connectivity index (χ1n) is 6.88. The van der Waals surface area contributed by atoms with Gasteiger partial charge in [-0.2, -0.15) is 5.10 Å². The van der Waals surface area contributed by atoms with Gasteiger partial charge in [-0.1, -0.05) is 39.0 Å². The third-order valence-electron chi connectivity index (χ3n) is 3.46. The smallest absolute Gasteiger partial charge is 0.257 e. The molecular formula is C16H18N4O. The number of para-hydroxylation sites is 1. The molecule has 3 N–H and O–H groups in total. The van der Waals surface area contributed by atoms with E-state index in [2.05, 4.69) is 41.6 Å². The summed E-state index contributed by atoms with van der Waals surface area (Å²) in [6, 6.07) is 9.58. The van der Waals surface area contributed by atoms with Crippen LogP contribution in [0, 0.1) is 0 Å². The van der Waals surface area contributed by atoms with E-state index in [4.69, 9.17) is 0 Å². The second kappa shape index (κ2) is 4.77. The van der Waals surface area contributed by atoms with Crippen molar-refractivity contribution < 1.29 is 4.79 Å². The molecule has 0 radical (unpaired) electrons. The van der Waals surface area contributed by atoms with Crippen LogP contribution in [0.15, 0.2) is 36.5 Å². The predicted octanol–water partition coefficient (Wildman–Crippen LogP) is 3.11. The molecule has 1 aliphatic heterocycles. The highest BCUT2D eigenvalue weighted by atomic mass is 16.2. The number of carbonyl (C=O) groups excluding carboxylic acids is 1. The summed E-state index contributed by atoms with van der Waals surface area (Å²) < 4.78 is 0. The maximum atomic E-state index is 12.0. The number of nitrogens with zero attached hydrogens (tertiary/aromatic N) is 1. The molecule has 1 aromatic heterocycles. The van der Waals surface area contributed by atoms with E-state index in [0.29, 0.717) is 11.4 Å². The lowest BCUT2D eigenvalue weighted by molar-refractivity contribution is -0.110. The Bertz CT molecular complexity index is 722. The maximum Gasteiger partial charge on any atom is 0.257 e. The van der Waals surface area contributed by atoms with Crippen molar-refractivity contribution in [2.45, 2.75) is 26.2 Å². The van der Waals surface area contributed by atoms with Crippen LogP contribution in [0.3, 0.4) is 0 Å². The normalized spacial score (nSPS) is 16.0. The van der Waals surface area contributed by atoms with Crippen molar-refractivity contribution in [3.63, 3.8) is 0 Å². The van der Waals surface area contributed by atoms with Crippen LogP contribution in [0.1, 0.15) is 32.0 Å². The quantitative estimate of drug-likeness (QED) is 0.741. The molecule has 0 bridgehead atoms. The van der Waals surface area contributed by atoms with E-state index in [-0.39, 0.29) is 11.3 Å². The third-order valence-corrected chi connectivity index (χ3v) is 3.46. The number of amides is 1. The van der Waals surface area contributed by atoms with Crippen molar-refractivity contribution in [3.05, 3.63) is 47.8 Å². The average Bonchev–Trinajstić information content (AvgIpc) is 3.00. The Labute approximate surface area is 123 Å². The van der Waals surface area contributed by atoms with Gasteiger partial charge >= 0.3 is 0 Å². The number of carbonyl (C=O) groups is 1. The van der Waals surface area contributed by atoms with E-state index in [1.165, 1.54) is 0 Å². The largest absolute Gasteiger partial charge is 0.344 e. The van der Waals surface area contributed by atoms with Crippen molar-refractivity contribution in [3.8, 4) is 0 Å².